The summed E-state index contributed by atoms with van der Waals surface area (Å²) in [6.45, 7) is 2.61. The molecular weight excluding hydrogens is 279 g/mol. The molecule has 0 aliphatic carbocycles. The Balaban J connectivity index is 1.55. The van der Waals surface area contributed by atoms with Crippen molar-refractivity contribution in [1.29, 1.82) is 0 Å². The summed E-state index contributed by atoms with van der Waals surface area (Å²) in [5, 5.41) is 3.30. The van der Waals surface area contributed by atoms with E-state index in [4.69, 9.17) is 4.74 Å². The molecule has 0 unspecified atom stereocenters. The first-order chi connectivity index (χ1) is 10.8. The Morgan fingerprint density at radius 2 is 1.86 bits per heavy atom. The lowest BCUT2D eigenvalue weighted by atomic mass is 10.1. The first-order valence-corrected chi connectivity index (χ1v) is 7.52. The van der Waals surface area contributed by atoms with Gasteiger partial charge in [0.1, 0.15) is 11.7 Å². The molecule has 4 heteroatoms. The highest BCUT2D eigenvalue weighted by molar-refractivity contribution is 5.99. The molecule has 1 aliphatic rings. The van der Waals surface area contributed by atoms with Gasteiger partial charge in [-0.2, -0.15) is 0 Å². The smallest absolute Gasteiger partial charge is 0.128 e. The first kappa shape index (κ1) is 14.7. The third-order valence-corrected chi connectivity index (χ3v) is 3.61. The average Bonchev–Trinajstić information content (AvgIpc) is 2.58. The number of nitrogens with zero attached hydrogens (tertiary/aromatic N) is 1. The highest BCUT2D eigenvalue weighted by atomic mass is 19.1. The summed E-state index contributed by atoms with van der Waals surface area (Å²) in [4.78, 5) is 4.47. The number of hydrogen-bond donors (Lipinski definition) is 1. The van der Waals surface area contributed by atoms with Crippen molar-refractivity contribution in [3.05, 3.63) is 71.0 Å². The molecule has 0 bridgehead atoms. The van der Waals surface area contributed by atoms with Gasteiger partial charge in [-0.1, -0.05) is 42.5 Å². The van der Waals surface area contributed by atoms with Crippen molar-refractivity contribution in [2.24, 2.45) is 4.99 Å². The molecule has 114 valence electrons. The molecule has 3 nitrogen and oxygen atoms in total. The highest BCUT2D eigenvalue weighted by Crippen LogP contribution is 2.11. The van der Waals surface area contributed by atoms with Gasteiger partial charge < -0.3 is 10.1 Å². The van der Waals surface area contributed by atoms with Gasteiger partial charge in [0.25, 0.3) is 0 Å². The molecule has 0 saturated carbocycles. The minimum Gasteiger partial charge on any atom is -0.372 e. The van der Waals surface area contributed by atoms with Crippen molar-refractivity contribution < 1.29 is 9.13 Å². The Bertz CT molecular complexity index is 652. The second-order valence-corrected chi connectivity index (χ2v) is 5.29. The van der Waals surface area contributed by atoms with Crippen LogP contribution in [-0.4, -0.2) is 18.9 Å². The molecule has 3 rings (SSSR count). The molecule has 2 aromatic carbocycles. The Kier molecular flexibility index (Phi) is 4.81. The molecule has 0 spiro atoms. The van der Waals surface area contributed by atoms with Crippen molar-refractivity contribution >= 4 is 5.84 Å². The van der Waals surface area contributed by atoms with Gasteiger partial charge in [0.05, 0.1) is 13.2 Å². The number of ether oxygens (including phenoxy) is 1. The third-order valence-electron chi connectivity index (χ3n) is 3.61. The van der Waals surface area contributed by atoms with Crippen LogP contribution in [0.2, 0.25) is 0 Å². The van der Waals surface area contributed by atoms with Gasteiger partial charge in [0, 0.05) is 24.2 Å². The van der Waals surface area contributed by atoms with Gasteiger partial charge in [0.2, 0.25) is 0 Å². The van der Waals surface area contributed by atoms with Crippen molar-refractivity contribution in [1.82, 2.24) is 5.32 Å². The van der Waals surface area contributed by atoms with Crippen LogP contribution in [0.4, 0.5) is 4.39 Å². The van der Waals surface area contributed by atoms with E-state index in [1.54, 1.807) is 12.1 Å². The number of rotatable bonds is 5. The molecular formula is C18H19FN2O. The zero-order valence-corrected chi connectivity index (χ0v) is 12.4. The van der Waals surface area contributed by atoms with E-state index in [0.29, 0.717) is 12.2 Å². The molecule has 1 aliphatic heterocycles. The fourth-order valence-electron chi connectivity index (χ4n) is 2.38. The molecule has 1 N–H and O–H groups in total. The van der Waals surface area contributed by atoms with Crippen molar-refractivity contribution in [2.75, 3.05) is 13.1 Å². The minimum atomic E-state index is -0.223. The molecule has 2 aromatic rings. The summed E-state index contributed by atoms with van der Waals surface area (Å²) in [6.07, 6.45) is 1.09. The Morgan fingerprint density at radius 3 is 2.59 bits per heavy atom. The monoisotopic (exact) mass is 298 g/mol. The maximum Gasteiger partial charge on any atom is 0.128 e. The molecule has 0 fully saturated rings. The standard InChI is InChI=1S/C18H19FN2O/c19-17-5-2-1-4-16(17)13-22-12-14-6-8-15(9-7-14)18-20-10-3-11-21-18/h1-2,4-9H,3,10-13H2,(H,20,21). The van der Waals surface area contributed by atoms with E-state index in [1.165, 1.54) is 6.07 Å². The van der Waals surface area contributed by atoms with Gasteiger partial charge in [-0.15, -0.1) is 0 Å². The highest BCUT2D eigenvalue weighted by Gasteiger charge is 2.06. The van der Waals surface area contributed by atoms with E-state index in [0.717, 1.165) is 36.5 Å². The Hall–Kier alpha value is -2.20. The van der Waals surface area contributed by atoms with E-state index >= 15 is 0 Å². The lowest BCUT2D eigenvalue weighted by Crippen LogP contribution is -2.30. The van der Waals surface area contributed by atoms with Crippen molar-refractivity contribution in [3.8, 4) is 0 Å². The van der Waals surface area contributed by atoms with Gasteiger partial charge in [0.15, 0.2) is 0 Å². The number of amidine groups is 1. The van der Waals surface area contributed by atoms with Crippen LogP contribution in [0.3, 0.4) is 0 Å². The fraction of sp³-hybridized carbons (Fsp3) is 0.278. The SMILES string of the molecule is Fc1ccccc1COCc1ccc(C2=NCCCN2)cc1. The number of halogens is 1. The van der Waals surface area contributed by atoms with Crippen LogP contribution in [-0.2, 0) is 18.0 Å². The largest absolute Gasteiger partial charge is 0.372 e. The maximum absolute atomic E-state index is 13.5. The molecule has 0 amide bonds. The minimum absolute atomic E-state index is 0.223. The van der Waals surface area contributed by atoms with Crippen LogP contribution in [0.1, 0.15) is 23.1 Å². The van der Waals surface area contributed by atoms with Crippen LogP contribution in [0.5, 0.6) is 0 Å². The van der Waals surface area contributed by atoms with E-state index in [2.05, 4.69) is 10.3 Å². The van der Waals surface area contributed by atoms with Crippen LogP contribution >= 0.6 is 0 Å². The normalized spacial score (nSPS) is 14.3. The number of nitrogens with one attached hydrogen (secondary N) is 1. The Labute approximate surface area is 129 Å². The predicted octanol–water partition coefficient (Wildman–Crippen LogP) is 3.28. The second kappa shape index (κ2) is 7.18. The predicted molar refractivity (Wildman–Crippen MR) is 85.4 cm³/mol. The van der Waals surface area contributed by atoms with Gasteiger partial charge in [-0.3, -0.25) is 4.99 Å². The topological polar surface area (TPSA) is 33.6 Å². The average molecular weight is 298 g/mol. The molecule has 0 atom stereocenters. The van der Waals surface area contributed by atoms with Crippen LogP contribution in [0.15, 0.2) is 53.5 Å². The second-order valence-electron chi connectivity index (χ2n) is 5.29. The van der Waals surface area contributed by atoms with Gasteiger partial charge >= 0.3 is 0 Å². The van der Waals surface area contributed by atoms with E-state index in [-0.39, 0.29) is 12.4 Å². The van der Waals surface area contributed by atoms with Crippen molar-refractivity contribution in [2.45, 2.75) is 19.6 Å². The Morgan fingerprint density at radius 1 is 1.05 bits per heavy atom. The van der Waals surface area contributed by atoms with E-state index < -0.39 is 0 Å². The lowest BCUT2D eigenvalue weighted by Gasteiger charge is -2.14. The molecule has 0 saturated heterocycles. The van der Waals surface area contributed by atoms with E-state index in [1.807, 2.05) is 30.3 Å². The molecule has 0 radical (unpaired) electrons. The molecule has 1 heterocycles. The van der Waals surface area contributed by atoms with Crippen LogP contribution in [0.25, 0.3) is 0 Å². The first-order valence-electron chi connectivity index (χ1n) is 7.52. The quantitative estimate of drug-likeness (QED) is 0.919. The van der Waals surface area contributed by atoms with Gasteiger partial charge in [-0.05, 0) is 18.1 Å². The van der Waals surface area contributed by atoms with Crippen LogP contribution < -0.4 is 5.32 Å². The molecule has 0 aromatic heterocycles. The zero-order chi connectivity index (χ0) is 15.2. The summed E-state index contributed by atoms with van der Waals surface area (Å²) in [5.74, 6) is 0.740. The summed E-state index contributed by atoms with van der Waals surface area (Å²) in [5.41, 5.74) is 2.74. The number of benzene rings is 2. The summed E-state index contributed by atoms with van der Waals surface area (Å²) < 4.78 is 19.1. The lowest BCUT2D eigenvalue weighted by molar-refractivity contribution is 0.105. The zero-order valence-electron chi connectivity index (χ0n) is 12.4. The summed E-state index contributed by atoms with van der Waals surface area (Å²) >= 11 is 0. The maximum atomic E-state index is 13.5. The number of aliphatic imine (C=N–C) groups is 1. The summed E-state index contributed by atoms with van der Waals surface area (Å²) in [7, 11) is 0. The summed E-state index contributed by atoms with van der Waals surface area (Å²) in [6, 6.07) is 14.8. The number of hydrogen-bond acceptors (Lipinski definition) is 3. The third kappa shape index (κ3) is 3.71. The fourth-order valence-corrected chi connectivity index (χ4v) is 2.38. The molecule has 22 heavy (non-hydrogen) atoms. The van der Waals surface area contributed by atoms with Crippen LogP contribution in [0, 0.1) is 5.82 Å². The van der Waals surface area contributed by atoms with E-state index in [9.17, 15) is 4.39 Å². The van der Waals surface area contributed by atoms with Gasteiger partial charge in [-0.25, -0.2) is 4.39 Å². The van der Waals surface area contributed by atoms with Crippen molar-refractivity contribution in [3.63, 3.8) is 0 Å².